The van der Waals surface area contributed by atoms with Crippen LogP contribution < -0.4 is 14.4 Å². The Bertz CT molecular complexity index is 989. The average molecular weight is 423 g/mol. The Morgan fingerprint density at radius 1 is 1.10 bits per heavy atom. The lowest BCUT2D eigenvalue weighted by molar-refractivity contribution is -0.145. The number of amides is 2. The van der Waals surface area contributed by atoms with E-state index in [0.29, 0.717) is 31.7 Å². The first-order valence-corrected chi connectivity index (χ1v) is 10.1. The van der Waals surface area contributed by atoms with Gasteiger partial charge in [0.1, 0.15) is 18.0 Å². The number of anilines is 1. The minimum absolute atomic E-state index is 0.0176. The summed E-state index contributed by atoms with van der Waals surface area (Å²) >= 11 is 0. The first-order valence-electron chi connectivity index (χ1n) is 10.1. The molecule has 0 unspecified atom stereocenters. The SMILES string of the molecule is COc1ccc(CC2=NO[C@@H](C(=O)N3CCN(c4cccc(OC)c4)C(=O)C3)C2)cc1. The van der Waals surface area contributed by atoms with E-state index in [9.17, 15) is 9.59 Å². The maximum atomic E-state index is 12.9. The average Bonchev–Trinajstić information content (AvgIpc) is 3.27. The fourth-order valence-electron chi connectivity index (χ4n) is 3.76. The van der Waals surface area contributed by atoms with Crippen LogP contribution in [0.4, 0.5) is 5.69 Å². The van der Waals surface area contributed by atoms with Crippen LogP contribution in [0.25, 0.3) is 0 Å². The van der Waals surface area contributed by atoms with Gasteiger partial charge in [-0.05, 0) is 29.8 Å². The number of carbonyl (C=O) groups is 2. The highest BCUT2D eigenvalue weighted by atomic mass is 16.6. The Kier molecular flexibility index (Phi) is 6.06. The fourth-order valence-corrected chi connectivity index (χ4v) is 3.76. The minimum Gasteiger partial charge on any atom is -0.497 e. The molecular weight excluding hydrogens is 398 g/mol. The quantitative estimate of drug-likeness (QED) is 0.712. The number of hydrogen-bond acceptors (Lipinski definition) is 6. The van der Waals surface area contributed by atoms with Gasteiger partial charge in [0.05, 0.1) is 19.9 Å². The second kappa shape index (κ2) is 9.07. The van der Waals surface area contributed by atoms with Crippen LogP contribution in [-0.4, -0.2) is 62.4 Å². The number of hydrogen-bond donors (Lipinski definition) is 0. The number of ether oxygens (including phenoxy) is 2. The Labute approximate surface area is 181 Å². The maximum Gasteiger partial charge on any atom is 0.267 e. The monoisotopic (exact) mass is 423 g/mol. The number of oxime groups is 1. The van der Waals surface area contributed by atoms with Crippen LogP contribution in [0.2, 0.25) is 0 Å². The highest BCUT2D eigenvalue weighted by molar-refractivity contribution is 6.00. The van der Waals surface area contributed by atoms with Crippen molar-refractivity contribution >= 4 is 23.2 Å². The van der Waals surface area contributed by atoms with Gasteiger partial charge in [-0.3, -0.25) is 9.59 Å². The lowest BCUT2D eigenvalue weighted by atomic mass is 10.0. The summed E-state index contributed by atoms with van der Waals surface area (Å²) in [5.41, 5.74) is 2.64. The topological polar surface area (TPSA) is 80.7 Å². The molecule has 1 atom stereocenters. The molecule has 0 N–H and O–H groups in total. The maximum absolute atomic E-state index is 12.9. The van der Waals surface area contributed by atoms with Crippen molar-refractivity contribution in [3.63, 3.8) is 0 Å². The number of methoxy groups -OCH3 is 2. The van der Waals surface area contributed by atoms with Crippen molar-refractivity contribution in [1.29, 1.82) is 0 Å². The van der Waals surface area contributed by atoms with Gasteiger partial charge in [0.2, 0.25) is 12.0 Å². The third kappa shape index (κ3) is 4.63. The fraction of sp³-hybridized carbons (Fsp3) is 0.348. The molecule has 1 fully saturated rings. The van der Waals surface area contributed by atoms with E-state index in [4.69, 9.17) is 14.3 Å². The Morgan fingerprint density at radius 3 is 2.58 bits per heavy atom. The molecule has 4 rings (SSSR count). The molecule has 8 nitrogen and oxygen atoms in total. The molecule has 0 saturated carbocycles. The van der Waals surface area contributed by atoms with Gasteiger partial charge in [-0.25, -0.2) is 0 Å². The molecule has 2 aromatic carbocycles. The van der Waals surface area contributed by atoms with Crippen LogP contribution in [-0.2, 0) is 20.8 Å². The van der Waals surface area contributed by atoms with E-state index < -0.39 is 6.10 Å². The first kappa shape index (κ1) is 20.7. The van der Waals surface area contributed by atoms with Gasteiger partial charge in [-0.1, -0.05) is 23.4 Å². The van der Waals surface area contributed by atoms with E-state index in [-0.39, 0.29) is 18.4 Å². The van der Waals surface area contributed by atoms with Crippen molar-refractivity contribution in [2.45, 2.75) is 18.9 Å². The second-order valence-corrected chi connectivity index (χ2v) is 7.49. The number of carbonyl (C=O) groups excluding carboxylic acids is 2. The molecule has 0 radical (unpaired) electrons. The number of piperazine rings is 1. The van der Waals surface area contributed by atoms with Crippen LogP contribution >= 0.6 is 0 Å². The molecule has 2 heterocycles. The highest BCUT2D eigenvalue weighted by Gasteiger charge is 2.36. The van der Waals surface area contributed by atoms with Gasteiger partial charge in [-0.2, -0.15) is 0 Å². The Hall–Kier alpha value is -3.55. The zero-order valence-electron chi connectivity index (χ0n) is 17.6. The van der Waals surface area contributed by atoms with E-state index in [1.165, 1.54) is 0 Å². The standard InChI is InChI=1S/C23H25N3O5/c1-29-19-8-6-16(7-9-19)12-17-13-21(31-24-17)23(28)25-10-11-26(22(27)15-25)18-4-3-5-20(14-18)30-2/h3-9,14,21H,10-13,15H2,1-2H3/t21-/m1/s1. The van der Waals surface area contributed by atoms with E-state index in [1.54, 1.807) is 24.0 Å². The molecule has 2 aliphatic rings. The summed E-state index contributed by atoms with van der Waals surface area (Å²) < 4.78 is 10.4. The Balaban J connectivity index is 1.32. The zero-order valence-corrected chi connectivity index (χ0v) is 17.6. The van der Waals surface area contributed by atoms with E-state index in [0.717, 1.165) is 22.7 Å². The molecule has 0 aromatic heterocycles. The summed E-state index contributed by atoms with van der Waals surface area (Å²) in [6, 6.07) is 15.1. The zero-order chi connectivity index (χ0) is 21.8. The van der Waals surface area contributed by atoms with Gasteiger partial charge in [0.15, 0.2) is 0 Å². The van der Waals surface area contributed by atoms with Crippen LogP contribution in [0.3, 0.4) is 0 Å². The normalized spacial score (nSPS) is 18.5. The van der Waals surface area contributed by atoms with Gasteiger partial charge in [0.25, 0.3) is 5.91 Å². The molecule has 0 bridgehead atoms. The smallest absolute Gasteiger partial charge is 0.267 e. The summed E-state index contributed by atoms with van der Waals surface area (Å²) in [4.78, 5) is 34.2. The molecule has 2 aromatic rings. The van der Waals surface area contributed by atoms with E-state index in [2.05, 4.69) is 5.16 Å². The van der Waals surface area contributed by atoms with Crippen molar-refractivity contribution in [3.8, 4) is 11.5 Å². The molecule has 0 spiro atoms. The van der Waals surface area contributed by atoms with Crippen molar-refractivity contribution < 1.29 is 23.9 Å². The van der Waals surface area contributed by atoms with Gasteiger partial charge < -0.3 is 24.1 Å². The number of rotatable bonds is 6. The molecule has 8 heteroatoms. The first-order chi connectivity index (χ1) is 15.1. The Morgan fingerprint density at radius 2 is 1.87 bits per heavy atom. The lowest BCUT2D eigenvalue weighted by Crippen LogP contribution is -2.54. The molecule has 1 saturated heterocycles. The summed E-state index contributed by atoms with van der Waals surface area (Å²) in [5, 5.41) is 4.10. The van der Waals surface area contributed by atoms with Crippen molar-refractivity contribution in [3.05, 3.63) is 54.1 Å². The molecule has 2 amide bonds. The minimum atomic E-state index is -0.676. The summed E-state index contributed by atoms with van der Waals surface area (Å²) in [5.74, 6) is 1.14. The number of benzene rings is 2. The molecular formula is C23H25N3O5. The van der Waals surface area contributed by atoms with Gasteiger partial charge in [0, 0.05) is 37.7 Å². The van der Waals surface area contributed by atoms with Crippen molar-refractivity contribution in [2.75, 3.05) is 38.8 Å². The van der Waals surface area contributed by atoms with Crippen LogP contribution in [0.1, 0.15) is 12.0 Å². The van der Waals surface area contributed by atoms with Crippen LogP contribution in [0.15, 0.2) is 53.7 Å². The lowest BCUT2D eigenvalue weighted by Gasteiger charge is -2.35. The predicted molar refractivity (Wildman–Crippen MR) is 116 cm³/mol. The van der Waals surface area contributed by atoms with E-state index >= 15 is 0 Å². The van der Waals surface area contributed by atoms with Crippen molar-refractivity contribution in [1.82, 2.24) is 4.90 Å². The molecule has 162 valence electrons. The summed E-state index contributed by atoms with van der Waals surface area (Å²) in [6.07, 6.45) is 0.357. The molecule has 2 aliphatic heterocycles. The largest absolute Gasteiger partial charge is 0.497 e. The molecule has 0 aliphatic carbocycles. The highest BCUT2D eigenvalue weighted by Crippen LogP contribution is 2.24. The van der Waals surface area contributed by atoms with Crippen LogP contribution in [0, 0.1) is 0 Å². The number of nitrogens with zero attached hydrogens (tertiary/aromatic N) is 3. The molecule has 31 heavy (non-hydrogen) atoms. The van der Waals surface area contributed by atoms with Crippen molar-refractivity contribution in [2.24, 2.45) is 5.16 Å². The third-order valence-electron chi connectivity index (χ3n) is 5.47. The van der Waals surface area contributed by atoms with Gasteiger partial charge >= 0.3 is 0 Å². The predicted octanol–water partition coefficient (Wildman–Crippen LogP) is 2.27. The van der Waals surface area contributed by atoms with Crippen LogP contribution in [0.5, 0.6) is 11.5 Å². The summed E-state index contributed by atoms with van der Waals surface area (Å²) in [6.45, 7) is 0.878. The third-order valence-corrected chi connectivity index (χ3v) is 5.47. The van der Waals surface area contributed by atoms with E-state index in [1.807, 2.05) is 48.5 Å². The van der Waals surface area contributed by atoms with Gasteiger partial charge in [-0.15, -0.1) is 0 Å². The second-order valence-electron chi connectivity index (χ2n) is 7.49. The summed E-state index contributed by atoms with van der Waals surface area (Å²) in [7, 11) is 3.21.